The molecule has 0 atom stereocenters. The molecule has 0 radical (unpaired) electrons. The minimum Gasteiger partial charge on any atom is -0.0843 e. The van der Waals surface area contributed by atoms with E-state index >= 15 is 0 Å². The van der Waals surface area contributed by atoms with E-state index in [9.17, 15) is 0 Å². The van der Waals surface area contributed by atoms with Gasteiger partial charge in [-0.3, -0.25) is 0 Å². The molecular formula is C26H15Cl. The fourth-order valence-electron chi connectivity index (χ4n) is 4.17. The Kier molecular flexibility index (Phi) is 3.03. The van der Waals surface area contributed by atoms with Crippen LogP contribution >= 0.6 is 11.6 Å². The minimum absolute atomic E-state index is 0.778. The van der Waals surface area contributed by atoms with Crippen LogP contribution in [0.15, 0.2) is 91.0 Å². The van der Waals surface area contributed by atoms with Crippen molar-refractivity contribution in [2.45, 2.75) is 0 Å². The number of hydrogen-bond donors (Lipinski definition) is 0. The average molecular weight is 363 g/mol. The Labute approximate surface area is 161 Å². The summed E-state index contributed by atoms with van der Waals surface area (Å²) in [4.78, 5) is 0. The van der Waals surface area contributed by atoms with Gasteiger partial charge in [0.05, 0.1) is 0 Å². The highest BCUT2D eigenvalue weighted by Crippen LogP contribution is 2.32. The zero-order valence-corrected chi connectivity index (χ0v) is 15.3. The van der Waals surface area contributed by atoms with Gasteiger partial charge in [-0.1, -0.05) is 41.9 Å². The third kappa shape index (κ3) is 2.38. The molecule has 6 aromatic rings. The Bertz CT molecular complexity index is 1530. The quantitative estimate of drug-likeness (QED) is 0.239. The summed E-state index contributed by atoms with van der Waals surface area (Å²) in [5.41, 5.74) is 0. The van der Waals surface area contributed by atoms with E-state index in [1.807, 2.05) is 12.1 Å². The first-order valence-corrected chi connectivity index (χ1v) is 9.50. The molecule has 0 aromatic heterocycles. The molecular weight excluding hydrogens is 348 g/mol. The fourth-order valence-corrected chi connectivity index (χ4v) is 4.35. The van der Waals surface area contributed by atoms with Crippen molar-refractivity contribution in [2.75, 3.05) is 0 Å². The van der Waals surface area contributed by atoms with Gasteiger partial charge in [0, 0.05) is 5.02 Å². The van der Waals surface area contributed by atoms with Crippen LogP contribution in [-0.2, 0) is 0 Å². The van der Waals surface area contributed by atoms with E-state index in [0.29, 0.717) is 0 Å². The van der Waals surface area contributed by atoms with Crippen molar-refractivity contribution < 1.29 is 0 Å². The minimum atomic E-state index is 0.778. The summed E-state index contributed by atoms with van der Waals surface area (Å²) in [5.74, 6) is 0. The maximum atomic E-state index is 6.18. The first-order valence-electron chi connectivity index (χ1n) is 9.12. The molecule has 1 heteroatoms. The second-order valence-electron chi connectivity index (χ2n) is 7.29. The second kappa shape index (κ2) is 5.45. The average Bonchev–Trinajstić information content (AvgIpc) is 2.67. The molecule has 0 fully saturated rings. The van der Waals surface area contributed by atoms with Crippen molar-refractivity contribution in [1.82, 2.24) is 0 Å². The standard InChI is InChI=1S/C26H15Cl/c27-26-6-5-18-9-21-12-22-10-19-7-16-3-1-2-4-17(16)8-20(19)11-23(22)13-24(21)14-25(18)15-26/h1-15H. The summed E-state index contributed by atoms with van der Waals surface area (Å²) in [6.07, 6.45) is 0. The smallest absolute Gasteiger partial charge is 0.0412 e. The Morgan fingerprint density at radius 2 is 0.667 bits per heavy atom. The van der Waals surface area contributed by atoms with Crippen LogP contribution in [0.1, 0.15) is 0 Å². The molecule has 0 N–H and O–H groups in total. The van der Waals surface area contributed by atoms with Gasteiger partial charge in [0.25, 0.3) is 0 Å². The van der Waals surface area contributed by atoms with E-state index < -0.39 is 0 Å². The summed E-state index contributed by atoms with van der Waals surface area (Å²) >= 11 is 6.18. The number of hydrogen-bond acceptors (Lipinski definition) is 0. The topological polar surface area (TPSA) is 0 Å². The molecule has 0 spiro atoms. The van der Waals surface area contributed by atoms with Crippen molar-refractivity contribution in [3.05, 3.63) is 96.0 Å². The van der Waals surface area contributed by atoms with E-state index in [0.717, 1.165) is 5.02 Å². The normalized spacial score (nSPS) is 11.9. The first-order chi connectivity index (χ1) is 13.2. The lowest BCUT2D eigenvalue weighted by Crippen LogP contribution is -1.81. The molecule has 6 rings (SSSR count). The van der Waals surface area contributed by atoms with Gasteiger partial charge in [0.2, 0.25) is 0 Å². The third-order valence-corrected chi connectivity index (χ3v) is 5.77. The van der Waals surface area contributed by atoms with E-state index in [1.54, 1.807) is 0 Å². The molecule has 0 aliphatic carbocycles. The van der Waals surface area contributed by atoms with E-state index in [1.165, 1.54) is 53.9 Å². The molecule has 6 aromatic carbocycles. The Morgan fingerprint density at radius 1 is 0.333 bits per heavy atom. The maximum absolute atomic E-state index is 6.18. The van der Waals surface area contributed by atoms with Crippen molar-refractivity contribution >= 4 is 65.5 Å². The predicted molar refractivity (Wildman–Crippen MR) is 119 cm³/mol. The largest absolute Gasteiger partial charge is 0.0843 e. The summed E-state index contributed by atoms with van der Waals surface area (Å²) in [5, 5.41) is 13.4. The fraction of sp³-hybridized carbons (Fsp3) is 0. The van der Waals surface area contributed by atoms with Gasteiger partial charge < -0.3 is 0 Å². The van der Waals surface area contributed by atoms with Gasteiger partial charge >= 0.3 is 0 Å². The highest BCUT2D eigenvalue weighted by molar-refractivity contribution is 6.31. The number of rotatable bonds is 0. The maximum Gasteiger partial charge on any atom is 0.0412 e. The molecule has 0 amide bonds. The highest BCUT2D eigenvalue weighted by atomic mass is 35.5. The van der Waals surface area contributed by atoms with Gasteiger partial charge in [-0.2, -0.15) is 0 Å². The Hall–Kier alpha value is -3.09. The lowest BCUT2D eigenvalue weighted by molar-refractivity contribution is 1.78. The monoisotopic (exact) mass is 362 g/mol. The summed E-state index contributed by atoms with van der Waals surface area (Å²) < 4.78 is 0. The molecule has 0 saturated heterocycles. The highest BCUT2D eigenvalue weighted by Gasteiger charge is 2.05. The molecule has 27 heavy (non-hydrogen) atoms. The molecule has 0 saturated carbocycles. The number of fused-ring (bicyclic) bond motifs is 5. The second-order valence-corrected chi connectivity index (χ2v) is 7.73. The van der Waals surface area contributed by atoms with Crippen LogP contribution < -0.4 is 0 Å². The molecule has 0 heterocycles. The zero-order valence-electron chi connectivity index (χ0n) is 14.5. The van der Waals surface area contributed by atoms with Crippen LogP contribution in [0.3, 0.4) is 0 Å². The van der Waals surface area contributed by atoms with Gasteiger partial charge in [0.1, 0.15) is 0 Å². The number of benzene rings is 6. The molecule has 0 aliphatic heterocycles. The SMILES string of the molecule is Clc1ccc2cc3cc4cc5cc6ccccc6cc5cc4cc3cc2c1. The van der Waals surface area contributed by atoms with E-state index in [4.69, 9.17) is 11.6 Å². The lowest BCUT2D eigenvalue weighted by Gasteiger charge is -2.08. The van der Waals surface area contributed by atoms with Gasteiger partial charge in [-0.05, 0) is 115 Å². The van der Waals surface area contributed by atoms with Crippen molar-refractivity contribution in [3.8, 4) is 0 Å². The van der Waals surface area contributed by atoms with Crippen molar-refractivity contribution in [2.24, 2.45) is 0 Å². The van der Waals surface area contributed by atoms with Crippen LogP contribution in [0.25, 0.3) is 53.9 Å². The lowest BCUT2D eigenvalue weighted by atomic mass is 9.96. The molecule has 126 valence electrons. The van der Waals surface area contributed by atoms with Crippen LogP contribution in [-0.4, -0.2) is 0 Å². The van der Waals surface area contributed by atoms with Crippen molar-refractivity contribution in [3.63, 3.8) is 0 Å². The van der Waals surface area contributed by atoms with Crippen LogP contribution in [0.4, 0.5) is 0 Å². The summed E-state index contributed by atoms with van der Waals surface area (Å²) in [7, 11) is 0. The summed E-state index contributed by atoms with van der Waals surface area (Å²) in [6.45, 7) is 0. The van der Waals surface area contributed by atoms with Gasteiger partial charge in [-0.15, -0.1) is 0 Å². The zero-order chi connectivity index (χ0) is 18.0. The summed E-state index contributed by atoms with van der Waals surface area (Å²) in [6, 6.07) is 32.9. The molecule has 0 bridgehead atoms. The molecule has 0 aliphatic rings. The molecule has 0 unspecified atom stereocenters. The van der Waals surface area contributed by atoms with E-state index in [-0.39, 0.29) is 0 Å². The van der Waals surface area contributed by atoms with Gasteiger partial charge in [-0.25, -0.2) is 0 Å². The van der Waals surface area contributed by atoms with Crippen molar-refractivity contribution in [1.29, 1.82) is 0 Å². The van der Waals surface area contributed by atoms with Gasteiger partial charge in [0.15, 0.2) is 0 Å². The molecule has 0 nitrogen and oxygen atoms in total. The first kappa shape index (κ1) is 15.0. The van der Waals surface area contributed by atoms with Crippen LogP contribution in [0, 0.1) is 0 Å². The third-order valence-electron chi connectivity index (χ3n) is 5.53. The van der Waals surface area contributed by atoms with Crippen LogP contribution in [0.2, 0.25) is 5.02 Å². The Balaban J connectivity index is 1.70. The van der Waals surface area contributed by atoms with E-state index in [2.05, 4.69) is 78.9 Å². The Morgan fingerprint density at radius 3 is 1.11 bits per heavy atom. The van der Waals surface area contributed by atoms with Crippen LogP contribution in [0.5, 0.6) is 0 Å². The number of halogens is 1. The predicted octanol–water partition coefficient (Wildman–Crippen LogP) is 8.11.